The molecule has 23 heavy (non-hydrogen) atoms. The molecule has 2 amide bonds. The molecule has 0 aromatic heterocycles. The molecule has 5 heteroatoms. The number of nitrogens with zero attached hydrogens (tertiary/aromatic N) is 1. The lowest BCUT2D eigenvalue weighted by molar-refractivity contribution is -0.117. The topological polar surface area (TPSA) is 58.6 Å². The van der Waals surface area contributed by atoms with Crippen LogP contribution in [0.5, 0.6) is 0 Å². The minimum absolute atomic E-state index is 0.0531. The number of amides is 2. The molecule has 1 aromatic rings. The van der Waals surface area contributed by atoms with E-state index in [2.05, 4.69) is 25.2 Å². The van der Waals surface area contributed by atoms with Crippen LogP contribution in [0.2, 0.25) is 0 Å². The number of hydrogen-bond donors (Lipinski definition) is 1. The number of hydrogen-bond acceptors (Lipinski definition) is 3. The third kappa shape index (κ3) is 6.72. The summed E-state index contributed by atoms with van der Waals surface area (Å²) in [6.07, 6.45) is 0.528. The quantitative estimate of drug-likeness (QED) is 0.892. The van der Waals surface area contributed by atoms with Crippen LogP contribution in [0.25, 0.3) is 0 Å². The van der Waals surface area contributed by atoms with Crippen LogP contribution in [0.4, 0.5) is 10.5 Å². The second kappa shape index (κ2) is 7.99. The summed E-state index contributed by atoms with van der Waals surface area (Å²) in [5.41, 5.74) is 1.35. The first kappa shape index (κ1) is 19.0. The average molecular weight is 320 g/mol. The zero-order valence-electron chi connectivity index (χ0n) is 15.0. The zero-order valence-corrected chi connectivity index (χ0v) is 15.0. The lowest BCUT2D eigenvalue weighted by Crippen LogP contribution is -2.38. The van der Waals surface area contributed by atoms with E-state index in [4.69, 9.17) is 4.74 Å². The molecule has 0 aliphatic heterocycles. The van der Waals surface area contributed by atoms with Gasteiger partial charge in [0.25, 0.3) is 0 Å². The van der Waals surface area contributed by atoms with E-state index in [0.29, 0.717) is 5.92 Å². The van der Waals surface area contributed by atoms with Crippen LogP contribution in [0.15, 0.2) is 24.3 Å². The molecule has 0 radical (unpaired) electrons. The summed E-state index contributed by atoms with van der Waals surface area (Å²) in [5, 5.41) is 2.82. The Kier molecular flexibility index (Phi) is 6.61. The average Bonchev–Trinajstić information content (AvgIpc) is 2.44. The molecule has 0 fully saturated rings. The summed E-state index contributed by atoms with van der Waals surface area (Å²) < 4.78 is 5.22. The first-order chi connectivity index (χ1) is 10.6. The summed E-state index contributed by atoms with van der Waals surface area (Å²) in [7, 11) is 1.54. The van der Waals surface area contributed by atoms with Gasteiger partial charge in [-0.25, -0.2) is 4.79 Å². The molecule has 1 rings (SSSR count). The van der Waals surface area contributed by atoms with Gasteiger partial charge in [0, 0.05) is 12.7 Å². The maximum absolute atomic E-state index is 12.1. The van der Waals surface area contributed by atoms with Crippen molar-refractivity contribution in [2.24, 2.45) is 0 Å². The molecule has 1 unspecified atom stereocenters. The smallest absolute Gasteiger partial charge is 0.410 e. The van der Waals surface area contributed by atoms with E-state index in [1.807, 2.05) is 18.2 Å². The van der Waals surface area contributed by atoms with Crippen molar-refractivity contribution in [3.63, 3.8) is 0 Å². The highest BCUT2D eigenvalue weighted by Gasteiger charge is 2.21. The molecule has 5 nitrogen and oxygen atoms in total. The Bertz CT molecular complexity index is 549. The normalized spacial score (nSPS) is 12.4. The Hall–Kier alpha value is -2.04. The van der Waals surface area contributed by atoms with E-state index < -0.39 is 11.7 Å². The fourth-order valence-electron chi connectivity index (χ4n) is 1.98. The molecule has 0 saturated heterocycles. The first-order valence-electron chi connectivity index (χ1n) is 7.96. The van der Waals surface area contributed by atoms with E-state index in [1.165, 1.54) is 10.5 Å². The van der Waals surface area contributed by atoms with Gasteiger partial charge in [0.05, 0.1) is 0 Å². The van der Waals surface area contributed by atoms with Gasteiger partial charge < -0.3 is 15.0 Å². The lowest BCUT2D eigenvalue weighted by Gasteiger charge is -2.24. The molecule has 1 N–H and O–H groups in total. The number of carbonyl (C=O) groups excluding carboxylic acids is 2. The third-order valence-electron chi connectivity index (χ3n) is 3.44. The van der Waals surface area contributed by atoms with Crippen LogP contribution in [-0.2, 0) is 9.53 Å². The fourth-order valence-corrected chi connectivity index (χ4v) is 1.98. The number of rotatable bonds is 5. The van der Waals surface area contributed by atoms with Gasteiger partial charge in [-0.05, 0) is 50.8 Å². The van der Waals surface area contributed by atoms with Crippen molar-refractivity contribution in [1.82, 2.24) is 4.90 Å². The lowest BCUT2D eigenvalue weighted by atomic mass is 9.98. The fraction of sp³-hybridized carbons (Fsp3) is 0.556. The molecule has 0 aliphatic carbocycles. The van der Waals surface area contributed by atoms with Crippen LogP contribution in [0.1, 0.15) is 52.5 Å². The molecule has 128 valence electrons. The highest BCUT2D eigenvalue weighted by Crippen LogP contribution is 2.21. The monoisotopic (exact) mass is 320 g/mol. The predicted molar refractivity (Wildman–Crippen MR) is 92.6 cm³/mol. The van der Waals surface area contributed by atoms with Gasteiger partial charge in [0.2, 0.25) is 5.91 Å². The zero-order chi connectivity index (χ0) is 17.6. The summed E-state index contributed by atoms with van der Waals surface area (Å²) in [4.78, 5) is 25.2. The van der Waals surface area contributed by atoms with Crippen LogP contribution < -0.4 is 5.32 Å². The van der Waals surface area contributed by atoms with Crippen molar-refractivity contribution in [2.75, 3.05) is 18.9 Å². The predicted octanol–water partition coefficient (Wildman–Crippen LogP) is 4.01. The van der Waals surface area contributed by atoms with Gasteiger partial charge >= 0.3 is 6.09 Å². The molecule has 0 saturated carbocycles. The molecular weight excluding hydrogens is 292 g/mol. The highest BCUT2D eigenvalue weighted by molar-refractivity contribution is 5.93. The van der Waals surface area contributed by atoms with Gasteiger partial charge in [-0.1, -0.05) is 26.0 Å². The Morgan fingerprint density at radius 1 is 1.30 bits per heavy atom. The van der Waals surface area contributed by atoms with Gasteiger partial charge in [-0.15, -0.1) is 0 Å². The van der Waals surface area contributed by atoms with Crippen molar-refractivity contribution in [2.45, 2.75) is 52.6 Å². The molecule has 0 bridgehead atoms. The number of ether oxygens (including phenoxy) is 1. The number of carbonyl (C=O) groups is 2. The van der Waals surface area contributed by atoms with Gasteiger partial charge in [0.1, 0.15) is 12.1 Å². The molecule has 1 atom stereocenters. The van der Waals surface area contributed by atoms with Gasteiger partial charge in [-0.2, -0.15) is 0 Å². The molecule has 0 heterocycles. The van der Waals surface area contributed by atoms with E-state index >= 15 is 0 Å². The minimum atomic E-state index is -0.577. The number of anilines is 1. The van der Waals surface area contributed by atoms with Crippen LogP contribution in [0, 0.1) is 0 Å². The van der Waals surface area contributed by atoms with Crippen molar-refractivity contribution in [3.8, 4) is 0 Å². The Morgan fingerprint density at radius 3 is 2.52 bits per heavy atom. The van der Waals surface area contributed by atoms with Crippen LogP contribution >= 0.6 is 0 Å². The van der Waals surface area contributed by atoms with E-state index in [0.717, 1.165) is 12.1 Å². The Morgan fingerprint density at radius 2 is 1.96 bits per heavy atom. The summed E-state index contributed by atoms with van der Waals surface area (Å²) >= 11 is 0. The largest absolute Gasteiger partial charge is 0.444 e. The second-order valence-corrected chi connectivity index (χ2v) is 6.82. The van der Waals surface area contributed by atoms with Crippen molar-refractivity contribution >= 4 is 17.7 Å². The number of nitrogens with one attached hydrogen (secondary N) is 1. The first-order valence-corrected chi connectivity index (χ1v) is 7.96. The molecule has 0 aliphatic rings. The Balaban J connectivity index is 2.61. The number of likely N-dealkylation sites (N-methyl/N-ethyl adjacent to an activating group) is 1. The van der Waals surface area contributed by atoms with Crippen molar-refractivity contribution in [1.29, 1.82) is 0 Å². The number of benzene rings is 1. The maximum atomic E-state index is 12.1. The van der Waals surface area contributed by atoms with Gasteiger partial charge in [0.15, 0.2) is 0 Å². The van der Waals surface area contributed by atoms with Crippen LogP contribution in [-0.4, -0.2) is 36.1 Å². The second-order valence-electron chi connectivity index (χ2n) is 6.82. The van der Waals surface area contributed by atoms with Crippen LogP contribution in [0.3, 0.4) is 0 Å². The highest BCUT2D eigenvalue weighted by atomic mass is 16.6. The summed E-state index contributed by atoms with van der Waals surface area (Å²) in [6.45, 7) is 9.60. The SMILES string of the molecule is CCC(C)c1cccc(NC(=O)CN(C)C(=O)OC(C)(C)C)c1. The summed E-state index contributed by atoms with van der Waals surface area (Å²) in [5.74, 6) is 0.191. The van der Waals surface area contributed by atoms with E-state index in [9.17, 15) is 9.59 Å². The maximum Gasteiger partial charge on any atom is 0.410 e. The Labute approximate surface area is 139 Å². The van der Waals surface area contributed by atoms with Crippen molar-refractivity contribution in [3.05, 3.63) is 29.8 Å². The third-order valence-corrected chi connectivity index (χ3v) is 3.44. The molecule has 1 aromatic carbocycles. The standard InChI is InChI=1S/C18H28N2O3/c1-7-13(2)14-9-8-10-15(11-14)19-16(21)12-20(6)17(22)23-18(3,4)5/h8-11,13H,7,12H2,1-6H3,(H,19,21). The van der Waals surface area contributed by atoms with Crippen molar-refractivity contribution < 1.29 is 14.3 Å². The molecule has 0 spiro atoms. The minimum Gasteiger partial charge on any atom is -0.444 e. The van der Waals surface area contributed by atoms with E-state index in [-0.39, 0.29) is 12.5 Å². The van der Waals surface area contributed by atoms with E-state index in [1.54, 1.807) is 27.8 Å². The summed E-state index contributed by atoms with van der Waals surface area (Å²) in [6, 6.07) is 7.79. The molecular formula is C18H28N2O3. The van der Waals surface area contributed by atoms with Gasteiger partial charge in [-0.3, -0.25) is 4.79 Å².